The van der Waals surface area contributed by atoms with Gasteiger partial charge < -0.3 is 9.32 Å². The zero-order valence-corrected chi connectivity index (χ0v) is 22.8. The van der Waals surface area contributed by atoms with Crippen LogP contribution in [0.2, 0.25) is 0 Å². The van der Waals surface area contributed by atoms with Gasteiger partial charge in [0.05, 0.1) is 10.6 Å². The highest BCUT2D eigenvalue weighted by molar-refractivity contribution is 8.18. The summed E-state index contributed by atoms with van der Waals surface area (Å²) >= 11 is 1.46. The standard InChI is InChI=1S/C33H28N4O2S/c38-32-30(40-33(34-32)36-17-15-24(16-18-36)19-23-9-3-1-4-10-23)21-26-22-37(27-12-5-2-6-13-27)35-31(26)29-20-25-11-7-8-14-28(25)39-29/h1-14,20-22,24H,15-19H2. The van der Waals surface area contributed by atoms with Gasteiger partial charge in [-0.1, -0.05) is 66.7 Å². The Morgan fingerprint density at radius 2 is 1.65 bits per heavy atom. The number of carbonyl (C=O) groups is 1. The van der Waals surface area contributed by atoms with E-state index in [1.807, 2.05) is 77.6 Å². The van der Waals surface area contributed by atoms with E-state index in [0.717, 1.165) is 59.7 Å². The first-order valence-electron chi connectivity index (χ1n) is 13.6. The SMILES string of the molecule is O=C1N=C(N2CCC(Cc3ccccc3)CC2)SC1=Cc1cn(-c2ccccc2)nc1-c1cc2ccccc2o1. The summed E-state index contributed by atoms with van der Waals surface area (Å²) in [5.41, 5.74) is 4.64. The van der Waals surface area contributed by atoms with Crippen molar-refractivity contribution in [2.45, 2.75) is 19.3 Å². The quantitative estimate of drug-likeness (QED) is 0.219. The van der Waals surface area contributed by atoms with Gasteiger partial charge in [0.2, 0.25) is 0 Å². The molecule has 2 aromatic heterocycles. The Morgan fingerprint density at radius 3 is 2.42 bits per heavy atom. The maximum atomic E-state index is 13.0. The van der Waals surface area contributed by atoms with Crippen LogP contribution in [-0.4, -0.2) is 38.8 Å². The van der Waals surface area contributed by atoms with Gasteiger partial charge in [0.15, 0.2) is 10.9 Å². The first-order valence-corrected chi connectivity index (χ1v) is 14.5. The maximum Gasteiger partial charge on any atom is 0.286 e. The summed E-state index contributed by atoms with van der Waals surface area (Å²) in [6, 6.07) is 30.6. The van der Waals surface area contributed by atoms with Crippen molar-refractivity contribution in [3.63, 3.8) is 0 Å². The van der Waals surface area contributed by atoms with Gasteiger partial charge in [-0.2, -0.15) is 10.1 Å². The molecule has 4 heterocycles. The molecule has 2 aliphatic heterocycles. The summed E-state index contributed by atoms with van der Waals surface area (Å²) < 4.78 is 8.00. The van der Waals surface area contributed by atoms with Crippen molar-refractivity contribution in [3.05, 3.63) is 113 Å². The van der Waals surface area contributed by atoms with Crippen LogP contribution >= 0.6 is 11.8 Å². The molecule has 1 saturated heterocycles. The third-order valence-corrected chi connectivity index (χ3v) is 8.61. The van der Waals surface area contributed by atoms with E-state index in [1.165, 1.54) is 17.3 Å². The molecule has 0 atom stereocenters. The van der Waals surface area contributed by atoms with Crippen LogP contribution in [0.15, 0.2) is 112 Å². The van der Waals surface area contributed by atoms with Crippen molar-refractivity contribution in [3.8, 4) is 17.1 Å². The molecule has 0 spiro atoms. The molecule has 198 valence electrons. The van der Waals surface area contributed by atoms with Crippen LogP contribution < -0.4 is 0 Å². The van der Waals surface area contributed by atoms with Crippen molar-refractivity contribution in [2.24, 2.45) is 10.9 Å². The zero-order valence-electron chi connectivity index (χ0n) is 21.9. The minimum Gasteiger partial charge on any atom is -0.454 e. The Balaban J connectivity index is 1.13. The third kappa shape index (κ3) is 5.00. The van der Waals surface area contributed by atoms with Gasteiger partial charge >= 0.3 is 0 Å². The van der Waals surface area contributed by atoms with Crippen LogP contribution in [-0.2, 0) is 11.2 Å². The molecule has 0 aliphatic carbocycles. The largest absolute Gasteiger partial charge is 0.454 e. The predicted molar refractivity (Wildman–Crippen MR) is 161 cm³/mol. The monoisotopic (exact) mass is 544 g/mol. The minimum absolute atomic E-state index is 0.200. The van der Waals surface area contributed by atoms with E-state index in [0.29, 0.717) is 22.3 Å². The number of piperidine rings is 1. The number of aromatic nitrogens is 2. The van der Waals surface area contributed by atoms with Gasteiger partial charge in [0.1, 0.15) is 11.3 Å². The zero-order chi connectivity index (χ0) is 26.9. The number of fused-ring (bicyclic) bond motifs is 1. The lowest BCUT2D eigenvalue weighted by molar-refractivity contribution is -0.113. The summed E-state index contributed by atoms with van der Waals surface area (Å²) in [6.45, 7) is 1.83. The molecule has 2 aliphatic rings. The van der Waals surface area contributed by atoms with Gasteiger partial charge in [-0.05, 0) is 72.8 Å². The van der Waals surface area contributed by atoms with Crippen LogP contribution in [0.1, 0.15) is 24.0 Å². The number of thioether (sulfide) groups is 1. The Morgan fingerprint density at radius 1 is 0.925 bits per heavy atom. The van der Waals surface area contributed by atoms with E-state index in [1.54, 1.807) is 0 Å². The molecule has 5 aromatic rings. The number of para-hydroxylation sites is 2. The molecule has 0 saturated carbocycles. The lowest BCUT2D eigenvalue weighted by Crippen LogP contribution is -2.37. The summed E-state index contributed by atoms with van der Waals surface area (Å²) in [4.78, 5) is 20.4. The fourth-order valence-corrected chi connectivity index (χ4v) is 6.40. The number of rotatable bonds is 5. The Labute approximate surface area is 237 Å². The molecule has 0 radical (unpaired) electrons. The van der Waals surface area contributed by atoms with Crippen molar-refractivity contribution >= 4 is 39.9 Å². The topological polar surface area (TPSA) is 63.6 Å². The number of amides is 1. The second kappa shape index (κ2) is 10.7. The smallest absolute Gasteiger partial charge is 0.286 e. The first-order chi connectivity index (χ1) is 19.7. The van der Waals surface area contributed by atoms with Gasteiger partial charge in [-0.3, -0.25) is 4.79 Å². The van der Waals surface area contributed by atoms with E-state index in [4.69, 9.17) is 9.52 Å². The Bertz CT molecular complexity index is 1700. The second-order valence-electron chi connectivity index (χ2n) is 10.3. The molecule has 0 N–H and O–H groups in total. The molecule has 0 bridgehead atoms. The molecule has 7 rings (SSSR count). The number of carbonyl (C=O) groups excluding carboxylic acids is 1. The van der Waals surface area contributed by atoms with Crippen LogP contribution in [0, 0.1) is 5.92 Å². The summed E-state index contributed by atoms with van der Waals surface area (Å²) in [5.74, 6) is 1.13. The minimum atomic E-state index is -0.200. The van der Waals surface area contributed by atoms with Crippen LogP contribution in [0.5, 0.6) is 0 Å². The Hall–Kier alpha value is -4.36. The summed E-state index contributed by atoms with van der Waals surface area (Å²) in [5, 5.41) is 6.69. The highest BCUT2D eigenvalue weighted by Gasteiger charge is 2.30. The van der Waals surface area contributed by atoms with Crippen molar-refractivity contribution in [2.75, 3.05) is 13.1 Å². The Kier molecular flexibility index (Phi) is 6.57. The molecule has 7 heteroatoms. The maximum absolute atomic E-state index is 13.0. The highest BCUT2D eigenvalue weighted by Crippen LogP contribution is 2.36. The normalized spacial score (nSPS) is 17.2. The van der Waals surface area contributed by atoms with Gasteiger partial charge in [0, 0.05) is 30.2 Å². The number of amidine groups is 1. The molecule has 1 amide bonds. The first kappa shape index (κ1) is 24.7. The van der Waals surface area contributed by atoms with Gasteiger partial charge in [0.25, 0.3) is 5.91 Å². The fraction of sp³-hybridized carbons (Fsp3) is 0.182. The molecule has 3 aromatic carbocycles. The van der Waals surface area contributed by atoms with Crippen LogP contribution in [0.4, 0.5) is 0 Å². The van der Waals surface area contributed by atoms with E-state index < -0.39 is 0 Å². The summed E-state index contributed by atoms with van der Waals surface area (Å²) in [7, 11) is 0. The molecule has 40 heavy (non-hydrogen) atoms. The van der Waals surface area contributed by atoms with Gasteiger partial charge in [-0.25, -0.2) is 4.68 Å². The number of nitrogens with zero attached hydrogens (tertiary/aromatic N) is 4. The van der Waals surface area contributed by atoms with E-state index in [2.05, 4.69) is 40.2 Å². The lowest BCUT2D eigenvalue weighted by atomic mass is 9.90. The second-order valence-corrected chi connectivity index (χ2v) is 11.3. The number of aliphatic imine (C=N–C) groups is 1. The lowest BCUT2D eigenvalue weighted by Gasteiger charge is -2.32. The number of furan rings is 1. The molecule has 1 fully saturated rings. The third-order valence-electron chi connectivity index (χ3n) is 7.57. The van der Waals surface area contributed by atoms with Gasteiger partial charge in [-0.15, -0.1) is 0 Å². The van der Waals surface area contributed by atoms with E-state index in [9.17, 15) is 4.79 Å². The van der Waals surface area contributed by atoms with E-state index in [-0.39, 0.29) is 5.91 Å². The highest BCUT2D eigenvalue weighted by atomic mass is 32.2. The van der Waals surface area contributed by atoms with Crippen LogP contribution in [0.25, 0.3) is 34.2 Å². The van der Waals surface area contributed by atoms with Crippen molar-refractivity contribution < 1.29 is 9.21 Å². The molecular weight excluding hydrogens is 516 g/mol. The molecule has 0 unspecified atom stereocenters. The van der Waals surface area contributed by atoms with Crippen molar-refractivity contribution in [1.29, 1.82) is 0 Å². The fourth-order valence-electron chi connectivity index (χ4n) is 5.45. The number of hydrogen-bond donors (Lipinski definition) is 0. The number of benzene rings is 3. The van der Waals surface area contributed by atoms with E-state index >= 15 is 0 Å². The summed E-state index contributed by atoms with van der Waals surface area (Å²) in [6.07, 6.45) is 7.16. The predicted octanol–water partition coefficient (Wildman–Crippen LogP) is 7.21. The van der Waals surface area contributed by atoms with Crippen molar-refractivity contribution in [1.82, 2.24) is 14.7 Å². The number of likely N-dealkylation sites (tertiary alicyclic amines) is 1. The average Bonchev–Trinajstić information content (AvgIpc) is 3.71. The molecule has 6 nitrogen and oxygen atoms in total. The number of hydrogen-bond acceptors (Lipinski definition) is 5. The average molecular weight is 545 g/mol. The van der Waals surface area contributed by atoms with Crippen LogP contribution in [0.3, 0.4) is 0 Å². The molecular formula is C33H28N4O2S.